The fourth-order valence-corrected chi connectivity index (χ4v) is 7.41. The first kappa shape index (κ1) is 30.0. The van der Waals surface area contributed by atoms with Gasteiger partial charge in [0.25, 0.3) is 0 Å². The molecule has 6 heteroatoms. The van der Waals surface area contributed by atoms with Gasteiger partial charge in [-0.15, -0.1) is 0 Å². The molecule has 0 aliphatic rings. The number of hydrogen-bond donors (Lipinski definition) is 0. The van der Waals surface area contributed by atoms with Crippen LogP contribution in [-0.2, 0) is 5.41 Å². The van der Waals surface area contributed by atoms with Crippen molar-refractivity contribution in [2.24, 2.45) is 0 Å². The number of para-hydroxylation sites is 3. The summed E-state index contributed by atoms with van der Waals surface area (Å²) in [5.74, 6) is 2.37. The third-order valence-electron chi connectivity index (χ3n) is 9.84. The van der Waals surface area contributed by atoms with Crippen molar-refractivity contribution in [1.82, 2.24) is 23.9 Å². The highest BCUT2D eigenvalue weighted by molar-refractivity contribution is 6.12. The Labute approximate surface area is 290 Å². The van der Waals surface area contributed by atoms with E-state index in [1.54, 1.807) is 6.20 Å². The first-order chi connectivity index (χ1) is 24.2. The SMILES string of the molecule is Cc1cccc2c3cccc(C)c3n(-c3ccnc(-n4c5ccccc5c5ccc(Oc6cc(-n7cccn7)cc(C(C)(C)C)c6)cc54)c3)c12. The van der Waals surface area contributed by atoms with Gasteiger partial charge in [-0.1, -0.05) is 75.4 Å². The zero-order valence-electron chi connectivity index (χ0n) is 28.8. The molecule has 0 amide bonds. The Balaban J connectivity index is 1.22. The van der Waals surface area contributed by atoms with Gasteiger partial charge in [-0.3, -0.25) is 4.57 Å². The molecule has 0 radical (unpaired) electrons. The highest BCUT2D eigenvalue weighted by atomic mass is 16.5. The van der Waals surface area contributed by atoms with Crippen LogP contribution in [0.15, 0.2) is 134 Å². The van der Waals surface area contributed by atoms with Crippen molar-refractivity contribution in [2.75, 3.05) is 0 Å². The number of hydrogen-bond acceptors (Lipinski definition) is 3. The quantitative estimate of drug-likeness (QED) is 0.186. The summed E-state index contributed by atoms with van der Waals surface area (Å²) >= 11 is 0. The van der Waals surface area contributed by atoms with E-state index in [0.29, 0.717) is 0 Å². The van der Waals surface area contributed by atoms with E-state index in [2.05, 4.69) is 152 Å². The summed E-state index contributed by atoms with van der Waals surface area (Å²) in [6, 6.07) is 40.7. The number of nitrogens with zero attached hydrogens (tertiary/aromatic N) is 5. The standard InChI is InChI=1S/C44H37N5O/c1-28-11-8-14-37-38-15-9-12-29(2)43(38)48(42(28)37)31-19-21-45-41(26-31)49-39-16-7-6-13-35(39)36-18-17-33(27-40(36)49)50-34-24-30(44(3,4)5)23-32(25-34)47-22-10-20-46-47/h6-27H,1-5H3. The third-order valence-corrected chi connectivity index (χ3v) is 9.84. The van der Waals surface area contributed by atoms with Crippen LogP contribution < -0.4 is 4.74 Å². The van der Waals surface area contributed by atoms with Crippen molar-refractivity contribution in [3.63, 3.8) is 0 Å². The van der Waals surface area contributed by atoms with Crippen molar-refractivity contribution < 1.29 is 4.74 Å². The zero-order chi connectivity index (χ0) is 34.1. The van der Waals surface area contributed by atoms with Crippen LogP contribution in [0.25, 0.3) is 60.8 Å². The van der Waals surface area contributed by atoms with E-state index in [1.807, 2.05) is 29.2 Å². The van der Waals surface area contributed by atoms with Gasteiger partial charge in [-0.05, 0) is 78.4 Å². The maximum absolute atomic E-state index is 6.67. The summed E-state index contributed by atoms with van der Waals surface area (Å²) in [6.07, 6.45) is 5.68. The van der Waals surface area contributed by atoms with Crippen LogP contribution in [0.4, 0.5) is 0 Å². The Kier molecular flexibility index (Phi) is 6.71. The molecule has 9 rings (SSSR count). The molecule has 0 atom stereocenters. The van der Waals surface area contributed by atoms with Gasteiger partial charge in [0.15, 0.2) is 0 Å². The summed E-state index contributed by atoms with van der Waals surface area (Å²) in [5.41, 5.74) is 10.2. The number of benzene rings is 5. The van der Waals surface area contributed by atoms with Crippen molar-refractivity contribution in [3.8, 4) is 28.7 Å². The number of rotatable bonds is 5. The van der Waals surface area contributed by atoms with Crippen molar-refractivity contribution in [3.05, 3.63) is 151 Å². The molecule has 0 saturated carbocycles. The predicted molar refractivity (Wildman–Crippen MR) is 205 cm³/mol. The Morgan fingerprint density at radius 1 is 0.560 bits per heavy atom. The maximum Gasteiger partial charge on any atom is 0.139 e. The molecule has 4 heterocycles. The van der Waals surface area contributed by atoms with Gasteiger partial charge in [0.05, 0.1) is 33.4 Å². The lowest BCUT2D eigenvalue weighted by Gasteiger charge is -2.21. The first-order valence-electron chi connectivity index (χ1n) is 17.1. The lowest BCUT2D eigenvalue weighted by atomic mass is 9.86. The molecule has 0 unspecified atom stereocenters. The van der Waals surface area contributed by atoms with Crippen LogP contribution in [0.2, 0.25) is 0 Å². The fourth-order valence-electron chi connectivity index (χ4n) is 7.41. The van der Waals surface area contributed by atoms with Gasteiger partial charge in [0, 0.05) is 58.3 Å². The van der Waals surface area contributed by atoms with Crippen LogP contribution >= 0.6 is 0 Å². The zero-order valence-corrected chi connectivity index (χ0v) is 28.8. The molecular weight excluding hydrogens is 615 g/mol. The largest absolute Gasteiger partial charge is 0.457 e. The topological polar surface area (TPSA) is 49.8 Å². The molecule has 0 N–H and O–H groups in total. The molecule has 0 aliphatic carbocycles. The molecule has 244 valence electrons. The molecule has 9 aromatic rings. The van der Waals surface area contributed by atoms with Crippen molar-refractivity contribution >= 4 is 43.6 Å². The molecule has 5 aromatic carbocycles. The van der Waals surface area contributed by atoms with Crippen LogP contribution in [0.1, 0.15) is 37.5 Å². The van der Waals surface area contributed by atoms with Crippen LogP contribution in [-0.4, -0.2) is 23.9 Å². The average molecular weight is 652 g/mol. The van der Waals surface area contributed by atoms with Crippen LogP contribution in [0, 0.1) is 13.8 Å². The van der Waals surface area contributed by atoms with Gasteiger partial charge >= 0.3 is 0 Å². The number of pyridine rings is 1. The molecular formula is C44H37N5O. The van der Waals surface area contributed by atoms with Crippen LogP contribution in [0.3, 0.4) is 0 Å². The highest BCUT2D eigenvalue weighted by Gasteiger charge is 2.20. The van der Waals surface area contributed by atoms with Crippen LogP contribution in [0.5, 0.6) is 11.5 Å². The lowest BCUT2D eigenvalue weighted by Crippen LogP contribution is -2.12. The predicted octanol–water partition coefficient (Wildman–Crippen LogP) is 11.2. The molecule has 0 fully saturated rings. The molecule has 4 aromatic heterocycles. The molecule has 0 spiro atoms. The fraction of sp³-hybridized carbons (Fsp3) is 0.136. The normalized spacial score (nSPS) is 12.1. The van der Waals surface area contributed by atoms with Crippen molar-refractivity contribution in [1.29, 1.82) is 0 Å². The second-order valence-corrected chi connectivity index (χ2v) is 14.2. The number of aryl methyl sites for hydroxylation is 2. The molecule has 50 heavy (non-hydrogen) atoms. The maximum atomic E-state index is 6.67. The van der Waals surface area contributed by atoms with E-state index in [1.165, 1.54) is 43.9 Å². The van der Waals surface area contributed by atoms with E-state index in [0.717, 1.165) is 45.1 Å². The minimum absolute atomic E-state index is 0.0677. The average Bonchev–Trinajstić information content (AvgIpc) is 3.84. The summed E-state index contributed by atoms with van der Waals surface area (Å²) in [5, 5.41) is 9.31. The number of aromatic nitrogens is 5. The van der Waals surface area contributed by atoms with Gasteiger partial charge in [-0.25, -0.2) is 9.67 Å². The number of ether oxygens (including phenoxy) is 1. The second-order valence-electron chi connectivity index (χ2n) is 14.2. The first-order valence-corrected chi connectivity index (χ1v) is 17.1. The Morgan fingerprint density at radius 2 is 1.28 bits per heavy atom. The molecule has 0 saturated heterocycles. The van der Waals surface area contributed by atoms with E-state index in [-0.39, 0.29) is 5.41 Å². The Morgan fingerprint density at radius 3 is 2.00 bits per heavy atom. The molecule has 0 aliphatic heterocycles. The smallest absolute Gasteiger partial charge is 0.139 e. The van der Waals surface area contributed by atoms with Gasteiger partial charge in [0.1, 0.15) is 17.3 Å². The number of fused-ring (bicyclic) bond motifs is 6. The third kappa shape index (κ3) is 4.78. The summed E-state index contributed by atoms with van der Waals surface area (Å²) in [6.45, 7) is 11.0. The minimum atomic E-state index is -0.0677. The summed E-state index contributed by atoms with van der Waals surface area (Å²) in [4.78, 5) is 4.99. The Hall–Kier alpha value is -6.14. The van der Waals surface area contributed by atoms with Gasteiger partial charge in [0.2, 0.25) is 0 Å². The van der Waals surface area contributed by atoms with E-state index < -0.39 is 0 Å². The minimum Gasteiger partial charge on any atom is -0.457 e. The van der Waals surface area contributed by atoms with Crippen molar-refractivity contribution in [2.45, 2.75) is 40.0 Å². The molecule has 0 bridgehead atoms. The lowest BCUT2D eigenvalue weighted by molar-refractivity contribution is 0.478. The second kappa shape index (κ2) is 11.2. The summed E-state index contributed by atoms with van der Waals surface area (Å²) in [7, 11) is 0. The molecule has 6 nitrogen and oxygen atoms in total. The Bertz CT molecular complexity index is 2680. The monoisotopic (exact) mass is 651 g/mol. The van der Waals surface area contributed by atoms with E-state index in [9.17, 15) is 0 Å². The van der Waals surface area contributed by atoms with Gasteiger partial charge < -0.3 is 9.30 Å². The summed E-state index contributed by atoms with van der Waals surface area (Å²) < 4.78 is 13.2. The van der Waals surface area contributed by atoms with E-state index >= 15 is 0 Å². The van der Waals surface area contributed by atoms with E-state index in [4.69, 9.17) is 9.72 Å². The highest BCUT2D eigenvalue weighted by Crippen LogP contribution is 2.39. The van der Waals surface area contributed by atoms with Gasteiger partial charge in [-0.2, -0.15) is 5.10 Å².